The molecule has 0 aliphatic heterocycles. The van der Waals surface area contributed by atoms with Crippen molar-refractivity contribution in [1.29, 1.82) is 0 Å². The van der Waals surface area contributed by atoms with Gasteiger partial charge >= 0.3 is 0 Å². The molecule has 1 atom stereocenters. The van der Waals surface area contributed by atoms with Crippen LogP contribution in [0.4, 0.5) is 0 Å². The summed E-state index contributed by atoms with van der Waals surface area (Å²) in [6, 6.07) is 8.65. The summed E-state index contributed by atoms with van der Waals surface area (Å²) in [6.07, 6.45) is 3.69. The molecule has 3 heteroatoms. The molecule has 1 aromatic carbocycles. The van der Waals surface area contributed by atoms with E-state index in [-0.39, 0.29) is 6.10 Å². The number of ether oxygens (including phenoxy) is 1. The SMILES string of the molecule is CCCOC(CNC1CC1)c1ccccc1Cl. The normalized spacial score (nSPS) is 17.1. The number of nitrogens with one attached hydrogen (secondary N) is 1. The van der Waals surface area contributed by atoms with Crippen molar-refractivity contribution in [3.8, 4) is 0 Å². The van der Waals surface area contributed by atoms with Gasteiger partial charge in [-0.05, 0) is 25.3 Å². The second-order valence-corrected chi connectivity index (χ2v) is 4.97. The highest BCUT2D eigenvalue weighted by Gasteiger charge is 2.23. The predicted octanol–water partition coefficient (Wildman–Crippen LogP) is 3.56. The van der Waals surface area contributed by atoms with Crippen molar-refractivity contribution in [2.45, 2.75) is 38.3 Å². The van der Waals surface area contributed by atoms with Gasteiger partial charge in [0.25, 0.3) is 0 Å². The second-order valence-electron chi connectivity index (χ2n) is 4.56. The van der Waals surface area contributed by atoms with Gasteiger partial charge in [-0.2, -0.15) is 0 Å². The van der Waals surface area contributed by atoms with Gasteiger partial charge in [-0.3, -0.25) is 0 Å². The van der Waals surface area contributed by atoms with Gasteiger partial charge in [0.1, 0.15) is 0 Å². The van der Waals surface area contributed by atoms with Crippen LogP contribution in [-0.4, -0.2) is 19.2 Å². The minimum absolute atomic E-state index is 0.0734. The minimum Gasteiger partial charge on any atom is -0.372 e. The lowest BCUT2D eigenvalue weighted by atomic mass is 10.1. The smallest absolute Gasteiger partial charge is 0.0963 e. The first-order valence-corrected chi connectivity index (χ1v) is 6.78. The Kier molecular flexibility index (Phi) is 4.84. The van der Waals surface area contributed by atoms with Crippen LogP contribution in [0, 0.1) is 0 Å². The summed E-state index contributed by atoms with van der Waals surface area (Å²) in [4.78, 5) is 0. The number of hydrogen-bond acceptors (Lipinski definition) is 2. The Hall–Kier alpha value is -0.570. The van der Waals surface area contributed by atoms with Crippen LogP contribution >= 0.6 is 11.6 Å². The van der Waals surface area contributed by atoms with E-state index >= 15 is 0 Å². The molecule has 1 unspecified atom stereocenters. The maximum Gasteiger partial charge on any atom is 0.0963 e. The predicted molar refractivity (Wildman–Crippen MR) is 71.5 cm³/mol. The monoisotopic (exact) mass is 253 g/mol. The molecule has 1 saturated carbocycles. The van der Waals surface area contributed by atoms with Crippen LogP contribution in [0.5, 0.6) is 0 Å². The van der Waals surface area contributed by atoms with Gasteiger partial charge in [-0.15, -0.1) is 0 Å². The fourth-order valence-corrected chi connectivity index (χ4v) is 2.07. The lowest BCUT2D eigenvalue weighted by Crippen LogP contribution is -2.25. The molecule has 0 aromatic heterocycles. The second kappa shape index (κ2) is 6.39. The fourth-order valence-electron chi connectivity index (χ4n) is 1.82. The Bertz CT molecular complexity index is 352. The lowest BCUT2D eigenvalue weighted by Gasteiger charge is -2.19. The summed E-state index contributed by atoms with van der Waals surface area (Å²) >= 11 is 6.22. The van der Waals surface area contributed by atoms with Crippen molar-refractivity contribution in [1.82, 2.24) is 5.32 Å². The van der Waals surface area contributed by atoms with Crippen molar-refractivity contribution in [2.24, 2.45) is 0 Å². The van der Waals surface area contributed by atoms with Crippen molar-refractivity contribution in [2.75, 3.05) is 13.2 Å². The summed E-state index contributed by atoms with van der Waals surface area (Å²) in [6.45, 7) is 3.76. The Labute approximate surface area is 108 Å². The van der Waals surface area contributed by atoms with Crippen molar-refractivity contribution < 1.29 is 4.74 Å². The first kappa shape index (κ1) is 12.9. The molecule has 0 spiro atoms. The van der Waals surface area contributed by atoms with E-state index < -0.39 is 0 Å². The van der Waals surface area contributed by atoms with Crippen molar-refractivity contribution in [3.05, 3.63) is 34.9 Å². The Morgan fingerprint density at radius 2 is 2.18 bits per heavy atom. The van der Waals surface area contributed by atoms with Crippen LogP contribution in [0.3, 0.4) is 0 Å². The third-order valence-corrected chi connectivity index (χ3v) is 3.29. The summed E-state index contributed by atoms with van der Waals surface area (Å²) in [5.74, 6) is 0. The highest BCUT2D eigenvalue weighted by atomic mass is 35.5. The maximum atomic E-state index is 6.22. The molecule has 0 saturated heterocycles. The first-order chi connectivity index (χ1) is 8.31. The van der Waals surface area contributed by atoms with E-state index in [4.69, 9.17) is 16.3 Å². The van der Waals surface area contributed by atoms with Crippen LogP contribution in [0.25, 0.3) is 0 Å². The Morgan fingerprint density at radius 3 is 2.82 bits per heavy atom. The average molecular weight is 254 g/mol. The van der Waals surface area contributed by atoms with Gasteiger partial charge < -0.3 is 10.1 Å². The van der Waals surface area contributed by atoms with Crippen LogP contribution < -0.4 is 5.32 Å². The molecule has 1 aliphatic carbocycles. The van der Waals surface area contributed by atoms with Crippen LogP contribution in [0.15, 0.2) is 24.3 Å². The number of halogens is 1. The minimum atomic E-state index is 0.0734. The molecule has 17 heavy (non-hydrogen) atoms. The summed E-state index contributed by atoms with van der Waals surface area (Å²) in [5.41, 5.74) is 1.09. The summed E-state index contributed by atoms with van der Waals surface area (Å²) in [5, 5.41) is 4.31. The van der Waals surface area contributed by atoms with Crippen molar-refractivity contribution >= 4 is 11.6 Å². The topological polar surface area (TPSA) is 21.3 Å². The molecular formula is C14H20ClNO. The molecule has 0 amide bonds. The summed E-state index contributed by atoms with van der Waals surface area (Å²) < 4.78 is 5.89. The van der Waals surface area contributed by atoms with E-state index in [0.717, 1.165) is 30.2 Å². The Morgan fingerprint density at radius 1 is 1.41 bits per heavy atom. The third-order valence-electron chi connectivity index (χ3n) is 2.94. The van der Waals surface area contributed by atoms with Crippen LogP contribution in [0.2, 0.25) is 5.02 Å². The van der Waals surface area contributed by atoms with Crippen LogP contribution in [-0.2, 0) is 4.74 Å². The molecule has 94 valence electrons. The van der Waals surface area contributed by atoms with Gasteiger partial charge in [0.2, 0.25) is 0 Å². The van der Waals surface area contributed by atoms with E-state index in [0.29, 0.717) is 6.04 Å². The quantitative estimate of drug-likeness (QED) is 0.802. The van der Waals surface area contributed by atoms with Gasteiger partial charge in [0, 0.05) is 29.8 Å². The standard InChI is InChI=1S/C14H20ClNO/c1-2-9-17-14(10-16-11-7-8-11)12-5-3-4-6-13(12)15/h3-6,11,14,16H,2,7-10H2,1H3. The largest absolute Gasteiger partial charge is 0.372 e. The van der Waals surface area contributed by atoms with E-state index in [1.807, 2.05) is 18.2 Å². The molecular weight excluding hydrogens is 234 g/mol. The molecule has 1 aromatic rings. The molecule has 2 rings (SSSR count). The van der Waals surface area contributed by atoms with Crippen LogP contribution in [0.1, 0.15) is 37.9 Å². The van der Waals surface area contributed by atoms with Crippen molar-refractivity contribution in [3.63, 3.8) is 0 Å². The van der Waals surface area contributed by atoms with Gasteiger partial charge in [-0.25, -0.2) is 0 Å². The van der Waals surface area contributed by atoms with Gasteiger partial charge in [0.05, 0.1) is 6.10 Å². The summed E-state index contributed by atoms with van der Waals surface area (Å²) in [7, 11) is 0. The Balaban J connectivity index is 1.99. The van der Waals surface area contributed by atoms with Gasteiger partial charge in [0.15, 0.2) is 0 Å². The third kappa shape index (κ3) is 3.98. The highest BCUT2D eigenvalue weighted by molar-refractivity contribution is 6.31. The highest BCUT2D eigenvalue weighted by Crippen LogP contribution is 2.27. The molecule has 0 radical (unpaired) electrons. The van der Waals surface area contributed by atoms with E-state index in [2.05, 4.69) is 18.3 Å². The molecule has 1 fully saturated rings. The molecule has 0 heterocycles. The zero-order valence-corrected chi connectivity index (χ0v) is 11.0. The zero-order chi connectivity index (χ0) is 12.1. The van der Waals surface area contributed by atoms with E-state index in [1.165, 1.54) is 12.8 Å². The molecule has 2 nitrogen and oxygen atoms in total. The fraction of sp³-hybridized carbons (Fsp3) is 0.571. The maximum absolute atomic E-state index is 6.22. The zero-order valence-electron chi connectivity index (χ0n) is 10.3. The average Bonchev–Trinajstić information content (AvgIpc) is 3.15. The number of benzene rings is 1. The van der Waals surface area contributed by atoms with E-state index in [1.54, 1.807) is 0 Å². The number of rotatable bonds is 7. The van der Waals surface area contributed by atoms with E-state index in [9.17, 15) is 0 Å². The number of hydrogen-bond donors (Lipinski definition) is 1. The first-order valence-electron chi connectivity index (χ1n) is 6.40. The lowest BCUT2D eigenvalue weighted by molar-refractivity contribution is 0.0528. The molecule has 0 bridgehead atoms. The van der Waals surface area contributed by atoms with Gasteiger partial charge in [-0.1, -0.05) is 36.7 Å². The molecule has 1 aliphatic rings. The molecule has 1 N–H and O–H groups in total.